The number of hydrogen-bond donors (Lipinski definition) is 3. The Hall–Kier alpha value is -3.35. The number of amides is 3. The van der Waals surface area contributed by atoms with E-state index in [-0.39, 0.29) is 6.54 Å². The quantitative estimate of drug-likeness (QED) is 0.571. The zero-order valence-corrected chi connectivity index (χ0v) is 13.0. The van der Waals surface area contributed by atoms with E-state index in [1.807, 2.05) is 30.3 Å². The van der Waals surface area contributed by atoms with E-state index in [2.05, 4.69) is 16.2 Å². The van der Waals surface area contributed by atoms with Crippen molar-refractivity contribution in [2.45, 2.75) is 6.54 Å². The lowest BCUT2D eigenvalue weighted by Crippen LogP contribution is -2.48. The van der Waals surface area contributed by atoms with Crippen LogP contribution < -0.4 is 20.9 Å². The number of carbonyl (C=O) groups excluding carboxylic acids is 3. The first-order chi connectivity index (χ1) is 11.6. The predicted octanol–water partition coefficient (Wildman–Crippen LogP) is 0.773. The summed E-state index contributed by atoms with van der Waals surface area (Å²) in [5.41, 5.74) is 5.39. The molecule has 0 aliphatic rings. The van der Waals surface area contributed by atoms with E-state index in [0.717, 1.165) is 5.56 Å². The number of benzene rings is 2. The van der Waals surface area contributed by atoms with Crippen LogP contribution >= 0.6 is 0 Å². The second-order valence-corrected chi connectivity index (χ2v) is 4.81. The van der Waals surface area contributed by atoms with Crippen LogP contribution in [0.2, 0.25) is 0 Å². The fraction of sp³-hybridized carbons (Fsp3) is 0.118. The minimum atomic E-state index is -0.956. The number of hydrazine groups is 1. The summed E-state index contributed by atoms with van der Waals surface area (Å²) in [7, 11) is 1.48. The van der Waals surface area contributed by atoms with Gasteiger partial charge in [-0.2, -0.15) is 0 Å². The van der Waals surface area contributed by atoms with Crippen LogP contribution in [0.4, 0.5) is 0 Å². The maximum Gasteiger partial charge on any atom is 0.327 e. The molecule has 0 fully saturated rings. The number of rotatable bonds is 4. The van der Waals surface area contributed by atoms with Crippen LogP contribution in [0.15, 0.2) is 54.6 Å². The lowest BCUT2D eigenvalue weighted by atomic mass is 10.2. The maximum atomic E-state index is 11.9. The second-order valence-electron chi connectivity index (χ2n) is 4.81. The Morgan fingerprint density at radius 3 is 2.38 bits per heavy atom. The molecule has 7 nitrogen and oxygen atoms in total. The standard InChI is InChI=1S/C17H17N3O4/c1-24-14-9-5-8-13(10-14)15(21)19-20-17(23)16(22)18-11-12-6-3-2-4-7-12/h2-10H,11H2,1H3,(H,18,22)(H,19,21)(H,20,23). The molecule has 0 spiro atoms. The highest BCUT2D eigenvalue weighted by molar-refractivity contribution is 6.35. The third-order valence-electron chi connectivity index (χ3n) is 3.12. The van der Waals surface area contributed by atoms with Crippen molar-refractivity contribution in [1.82, 2.24) is 16.2 Å². The van der Waals surface area contributed by atoms with E-state index in [1.54, 1.807) is 18.2 Å². The molecule has 0 aromatic heterocycles. The highest BCUT2D eigenvalue weighted by Crippen LogP contribution is 2.11. The van der Waals surface area contributed by atoms with E-state index in [9.17, 15) is 14.4 Å². The molecule has 2 aromatic rings. The first-order valence-electron chi connectivity index (χ1n) is 7.16. The second kappa shape index (κ2) is 8.33. The summed E-state index contributed by atoms with van der Waals surface area (Å²) in [4.78, 5) is 35.2. The van der Waals surface area contributed by atoms with E-state index >= 15 is 0 Å². The van der Waals surface area contributed by atoms with Crippen molar-refractivity contribution in [3.8, 4) is 5.75 Å². The predicted molar refractivity (Wildman–Crippen MR) is 86.9 cm³/mol. The zero-order valence-electron chi connectivity index (χ0n) is 13.0. The average Bonchev–Trinajstić information content (AvgIpc) is 2.64. The lowest BCUT2D eigenvalue weighted by molar-refractivity contribution is -0.139. The highest BCUT2D eigenvalue weighted by Gasteiger charge is 2.14. The minimum Gasteiger partial charge on any atom is -0.497 e. The van der Waals surface area contributed by atoms with Crippen molar-refractivity contribution < 1.29 is 19.1 Å². The lowest BCUT2D eigenvalue weighted by Gasteiger charge is -2.08. The first kappa shape index (κ1) is 17.0. The summed E-state index contributed by atoms with van der Waals surface area (Å²) >= 11 is 0. The van der Waals surface area contributed by atoms with Gasteiger partial charge in [0.25, 0.3) is 5.91 Å². The van der Waals surface area contributed by atoms with Crippen LogP contribution in [0.5, 0.6) is 5.75 Å². The molecule has 0 saturated heterocycles. The van der Waals surface area contributed by atoms with Crippen LogP contribution in [-0.2, 0) is 16.1 Å². The van der Waals surface area contributed by atoms with Crippen molar-refractivity contribution in [3.63, 3.8) is 0 Å². The molecule has 0 saturated carbocycles. The normalized spacial score (nSPS) is 9.71. The number of hydrogen-bond acceptors (Lipinski definition) is 4. The van der Waals surface area contributed by atoms with Gasteiger partial charge in [0.1, 0.15) is 5.75 Å². The Labute approximate surface area is 139 Å². The molecule has 0 bridgehead atoms. The van der Waals surface area contributed by atoms with Gasteiger partial charge in [-0.25, -0.2) is 0 Å². The molecule has 3 amide bonds. The smallest absolute Gasteiger partial charge is 0.327 e. The average molecular weight is 327 g/mol. The molecule has 3 N–H and O–H groups in total. The van der Waals surface area contributed by atoms with Gasteiger partial charge in [-0.15, -0.1) is 0 Å². The molecule has 24 heavy (non-hydrogen) atoms. The fourth-order valence-electron chi connectivity index (χ4n) is 1.87. The van der Waals surface area contributed by atoms with Gasteiger partial charge in [0.15, 0.2) is 0 Å². The third-order valence-corrected chi connectivity index (χ3v) is 3.12. The molecule has 0 aliphatic heterocycles. The van der Waals surface area contributed by atoms with Crippen LogP contribution in [0, 0.1) is 0 Å². The van der Waals surface area contributed by atoms with Gasteiger partial charge in [0, 0.05) is 12.1 Å². The third kappa shape index (κ3) is 4.84. The molecule has 2 aromatic carbocycles. The molecule has 0 radical (unpaired) electrons. The van der Waals surface area contributed by atoms with Crippen LogP contribution in [0.3, 0.4) is 0 Å². The summed E-state index contributed by atoms with van der Waals surface area (Å²) in [6.45, 7) is 0.219. The number of nitrogens with one attached hydrogen (secondary N) is 3. The molecule has 7 heteroatoms. The largest absolute Gasteiger partial charge is 0.497 e. The Kier molecular flexibility index (Phi) is 5.90. The number of methoxy groups -OCH3 is 1. The van der Waals surface area contributed by atoms with Crippen molar-refractivity contribution in [1.29, 1.82) is 0 Å². The number of ether oxygens (including phenoxy) is 1. The SMILES string of the molecule is COc1cccc(C(=O)NNC(=O)C(=O)NCc2ccccc2)c1. The Morgan fingerprint density at radius 1 is 0.917 bits per heavy atom. The fourth-order valence-corrected chi connectivity index (χ4v) is 1.87. The van der Waals surface area contributed by atoms with E-state index < -0.39 is 17.7 Å². The Bertz CT molecular complexity index is 732. The molecule has 0 atom stereocenters. The molecule has 0 aliphatic carbocycles. The molecule has 2 rings (SSSR count). The van der Waals surface area contributed by atoms with E-state index in [0.29, 0.717) is 11.3 Å². The van der Waals surface area contributed by atoms with Gasteiger partial charge in [-0.3, -0.25) is 25.2 Å². The van der Waals surface area contributed by atoms with E-state index in [4.69, 9.17) is 4.74 Å². The summed E-state index contributed by atoms with van der Waals surface area (Å²) in [6, 6.07) is 15.6. The first-order valence-corrected chi connectivity index (χ1v) is 7.16. The highest BCUT2D eigenvalue weighted by atomic mass is 16.5. The Morgan fingerprint density at radius 2 is 1.67 bits per heavy atom. The van der Waals surface area contributed by atoms with Crippen LogP contribution in [0.25, 0.3) is 0 Å². The van der Waals surface area contributed by atoms with Gasteiger partial charge in [-0.1, -0.05) is 36.4 Å². The topological polar surface area (TPSA) is 96.5 Å². The summed E-state index contributed by atoms with van der Waals surface area (Å²) < 4.78 is 5.01. The minimum absolute atomic E-state index is 0.219. The molecular formula is C17H17N3O4. The van der Waals surface area contributed by atoms with Gasteiger partial charge < -0.3 is 10.1 Å². The van der Waals surface area contributed by atoms with Crippen molar-refractivity contribution in [2.75, 3.05) is 7.11 Å². The Balaban J connectivity index is 1.81. The number of carbonyl (C=O) groups is 3. The maximum absolute atomic E-state index is 11.9. The molecular weight excluding hydrogens is 310 g/mol. The van der Waals surface area contributed by atoms with Crippen molar-refractivity contribution >= 4 is 17.7 Å². The van der Waals surface area contributed by atoms with Gasteiger partial charge in [0.05, 0.1) is 7.11 Å². The van der Waals surface area contributed by atoms with E-state index in [1.165, 1.54) is 13.2 Å². The monoisotopic (exact) mass is 327 g/mol. The molecule has 0 heterocycles. The van der Waals surface area contributed by atoms with Gasteiger partial charge in [-0.05, 0) is 23.8 Å². The van der Waals surface area contributed by atoms with Crippen LogP contribution in [-0.4, -0.2) is 24.8 Å². The van der Waals surface area contributed by atoms with Crippen molar-refractivity contribution in [3.05, 3.63) is 65.7 Å². The zero-order chi connectivity index (χ0) is 17.4. The van der Waals surface area contributed by atoms with Gasteiger partial charge >= 0.3 is 11.8 Å². The summed E-state index contributed by atoms with van der Waals surface area (Å²) in [6.07, 6.45) is 0. The summed E-state index contributed by atoms with van der Waals surface area (Å²) in [5.74, 6) is -1.85. The molecule has 124 valence electrons. The van der Waals surface area contributed by atoms with Crippen LogP contribution in [0.1, 0.15) is 15.9 Å². The summed E-state index contributed by atoms with van der Waals surface area (Å²) in [5, 5.41) is 2.46. The molecule has 0 unspecified atom stereocenters. The van der Waals surface area contributed by atoms with Crippen molar-refractivity contribution in [2.24, 2.45) is 0 Å². The van der Waals surface area contributed by atoms with Gasteiger partial charge in [0.2, 0.25) is 0 Å².